The molecule has 1 amide bonds. The Balaban J connectivity index is 1.15. The number of piperazine rings is 1. The topological polar surface area (TPSA) is 81.7 Å². The highest BCUT2D eigenvalue weighted by Crippen LogP contribution is 2.36. The van der Waals surface area contributed by atoms with Gasteiger partial charge in [-0.25, -0.2) is 8.42 Å². The molecule has 0 atom stereocenters. The summed E-state index contributed by atoms with van der Waals surface area (Å²) >= 11 is 5.61. The summed E-state index contributed by atoms with van der Waals surface area (Å²) in [5, 5.41) is 2.19. The van der Waals surface area contributed by atoms with Crippen molar-refractivity contribution < 1.29 is 26.4 Å². The van der Waals surface area contributed by atoms with Crippen molar-refractivity contribution in [2.24, 2.45) is 0 Å². The minimum Gasteiger partial charge on any atom is -0.369 e. The number of hydrogen-bond donors (Lipinski definition) is 2. The SMILES string of the molecule is O=C(Nc1ccc(S(=O)(=O)Nc2ccc(Cl)c(C(F)(F)F)c2)cc1)c1ccc(CN2CCN(c3ccccc3)CC2)cc1. The molecular formula is C31H28ClF3N4O3S. The summed E-state index contributed by atoms with van der Waals surface area (Å²) < 4.78 is 67.0. The maximum absolute atomic E-state index is 13.1. The van der Waals surface area contributed by atoms with Crippen LogP contribution in [0.2, 0.25) is 5.02 Å². The van der Waals surface area contributed by atoms with Crippen LogP contribution in [0.15, 0.2) is 102 Å². The van der Waals surface area contributed by atoms with Crippen LogP contribution in [0.1, 0.15) is 21.5 Å². The molecule has 0 saturated carbocycles. The minimum absolute atomic E-state index is 0.192. The smallest absolute Gasteiger partial charge is 0.369 e. The monoisotopic (exact) mass is 628 g/mol. The highest BCUT2D eigenvalue weighted by molar-refractivity contribution is 7.92. The number of carbonyl (C=O) groups excluding carboxylic acids is 1. The number of para-hydroxylation sites is 1. The predicted molar refractivity (Wildman–Crippen MR) is 162 cm³/mol. The Labute approximate surface area is 252 Å². The van der Waals surface area contributed by atoms with Crippen LogP contribution in [0.3, 0.4) is 0 Å². The largest absolute Gasteiger partial charge is 0.417 e. The molecule has 1 aliphatic heterocycles. The molecule has 0 aromatic heterocycles. The second kappa shape index (κ2) is 12.7. The molecule has 4 aromatic rings. The van der Waals surface area contributed by atoms with E-state index in [1.54, 1.807) is 12.1 Å². The summed E-state index contributed by atoms with van der Waals surface area (Å²) in [5.74, 6) is -0.363. The third kappa shape index (κ3) is 7.67. The number of halogens is 4. The summed E-state index contributed by atoms with van der Waals surface area (Å²) in [6.07, 6.45) is -4.74. The van der Waals surface area contributed by atoms with Crippen LogP contribution in [-0.4, -0.2) is 45.4 Å². The van der Waals surface area contributed by atoms with E-state index < -0.39 is 26.8 Å². The highest BCUT2D eigenvalue weighted by Gasteiger charge is 2.33. The van der Waals surface area contributed by atoms with Crippen LogP contribution in [0, 0.1) is 0 Å². The molecule has 4 aromatic carbocycles. The number of carbonyl (C=O) groups is 1. The van der Waals surface area contributed by atoms with Crippen LogP contribution in [0.5, 0.6) is 0 Å². The van der Waals surface area contributed by atoms with E-state index in [0.29, 0.717) is 17.3 Å². The molecule has 2 N–H and O–H groups in total. The molecule has 0 radical (unpaired) electrons. The van der Waals surface area contributed by atoms with Crippen molar-refractivity contribution >= 4 is 44.6 Å². The highest BCUT2D eigenvalue weighted by atomic mass is 35.5. The summed E-state index contributed by atoms with van der Waals surface area (Å²) in [6.45, 7) is 4.54. The summed E-state index contributed by atoms with van der Waals surface area (Å²) in [6, 6.07) is 25.7. The number of nitrogens with zero attached hydrogens (tertiary/aromatic N) is 2. The van der Waals surface area contributed by atoms with Gasteiger partial charge in [0.05, 0.1) is 15.5 Å². The van der Waals surface area contributed by atoms with Gasteiger partial charge in [0.2, 0.25) is 0 Å². The van der Waals surface area contributed by atoms with Crippen LogP contribution < -0.4 is 14.9 Å². The van der Waals surface area contributed by atoms with Gasteiger partial charge in [-0.2, -0.15) is 13.2 Å². The van der Waals surface area contributed by atoms with Gasteiger partial charge in [0.25, 0.3) is 15.9 Å². The van der Waals surface area contributed by atoms with Gasteiger partial charge in [-0.1, -0.05) is 41.9 Å². The Kier molecular flexibility index (Phi) is 8.95. The van der Waals surface area contributed by atoms with Gasteiger partial charge in [0.15, 0.2) is 0 Å². The Bertz CT molecular complexity index is 1680. The van der Waals surface area contributed by atoms with Crippen molar-refractivity contribution in [3.05, 3.63) is 119 Å². The van der Waals surface area contributed by atoms with Gasteiger partial charge in [-0.05, 0) is 72.3 Å². The second-order valence-corrected chi connectivity index (χ2v) is 12.2. The third-order valence-electron chi connectivity index (χ3n) is 7.06. The first-order valence-corrected chi connectivity index (χ1v) is 15.3. The van der Waals surface area contributed by atoms with Gasteiger partial charge in [0, 0.05) is 55.3 Å². The normalized spacial score (nSPS) is 14.4. The summed E-state index contributed by atoms with van der Waals surface area (Å²) in [5.41, 5.74) is 1.68. The average molecular weight is 629 g/mol. The third-order valence-corrected chi connectivity index (χ3v) is 8.79. The second-order valence-electron chi connectivity index (χ2n) is 10.1. The number of amides is 1. The number of rotatable bonds is 8. The first-order valence-electron chi connectivity index (χ1n) is 13.4. The van der Waals surface area contributed by atoms with E-state index in [9.17, 15) is 26.4 Å². The zero-order valence-corrected chi connectivity index (χ0v) is 24.4. The number of hydrogen-bond acceptors (Lipinski definition) is 5. The van der Waals surface area contributed by atoms with Crippen molar-refractivity contribution in [1.29, 1.82) is 0 Å². The molecule has 0 bridgehead atoms. The van der Waals surface area contributed by atoms with E-state index in [2.05, 4.69) is 32.0 Å². The van der Waals surface area contributed by atoms with Crippen LogP contribution in [-0.2, 0) is 22.7 Å². The van der Waals surface area contributed by atoms with Gasteiger partial charge in [-0.15, -0.1) is 0 Å². The molecule has 7 nitrogen and oxygen atoms in total. The van der Waals surface area contributed by atoms with Gasteiger partial charge in [-0.3, -0.25) is 14.4 Å². The summed E-state index contributed by atoms with van der Waals surface area (Å²) in [7, 11) is -4.20. The summed E-state index contributed by atoms with van der Waals surface area (Å²) in [4.78, 5) is 17.3. The van der Waals surface area contributed by atoms with Crippen molar-refractivity contribution in [2.45, 2.75) is 17.6 Å². The van der Waals surface area contributed by atoms with Crippen LogP contribution >= 0.6 is 11.6 Å². The predicted octanol–water partition coefficient (Wildman–Crippen LogP) is 6.73. The van der Waals surface area contributed by atoms with E-state index in [0.717, 1.165) is 50.4 Å². The lowest BCUT2D eigenvalue weighted by molar-refractivity contribution is -0.137. The number of nitrogens with one attached hydrogen (secondary N) is 2. The van der Waals surface area contributed by atoms with Crippen molar-refractivity contribution in [1.82, 2.24) is 4.90 Å². The quantitative estimate of drug-likeness (QED) is 0.226. The Morgan fingerprint density at radius 3 is 2.07 bits per heavy atom. The zero-order chi connectivity index (χ0) is 30.6. The standard InChI is InChI=1S/C31H28ClF3N4O3S/c32-29-15-12-25(20-28(29)31(33,34)35)37-43(41,42)27-13-10-24(11-14-27)36-30(40)23-8-6-22(7-9-23)21-38-16-18-39(19-17-38)26-4-2-1-3-5-26/h1-15,20,37H,16-19,21H2,(H,36,40). The lowest BCUT2D eigenvalue weighted by Gasteiger charge is -2.36. The fourth-order valence-electron chi connectivity index (χ4n) is 4.76. The Hall–Kier alpha value is -4.06. The molecule has 1 fully saturated rings. The van der Waals surface area contributed by atoms with Crippen molar-refractivity contribution in [2.75, 3.05) is 41.1 Å². The fraction of sp³-hybridized carbons (Fsp3) is 0.194. The zero-order valence-electron chi connectivity index (χ0n) is 22.8. The molecular weight excluding hydrogens is 601 g/mol. The average Bonchev–Trinajstić information content (AvgIpc) is 2.99. The first kappa shape index (κ1) is 30.4. The molecule has 1 heterocycles. The molecule has 0 aliphatic carbocycles. The molecule has 0 spiro atoms. The van der Waals surface area contributed by atoms with Crippen molar-refractivity contribution in [3.8, 4) is 0 Å². The van der Waals surface area contributed by atoms with Gasteiger partial charge in [0.1, 0.15) is 0 Å². The first-order chi connectivity index (χ1) is 20.5. The molecule has 1 aliphatic rings. The van der Waals surface area contributed by atoms with Crippen LogP contribution in [0.25, 0.3) is 0 Å². The fourth-order valence-corrected chi connectivity index (χ4v) is 6.04. The molecule has 1 saturated heterocycles. The van der Waals surface area contributed by atoms with E-state index in [4.69, 9.17) is 11.6 Å². The van der Waals surface area contributed by atoms with Crippen molar-refractivity contribution in [3.63, 3.8) is 0 Å². The van der Waals surface area contributed by atoms with E-state index in [1.807, 2.05) is 30.3 Å². The van der Waals surface area contributed by atoms with Crippen LogP contribution in [0.4, 0.5) is 30.2 Å². The lowest BCUT2D eigenvalue weighted by Crippen LogP contribution is -2.45. The molecule has 12 heteroatoms. The molecule has 43 heavy (non-hydrogen) atoms. The minimum atomic E-state index is -4.74. The van der Waals surface area contributed by atoms with Gasteiger partial charge < -0.3 is 10.2 Å². The van der Waals surface area contributed by atoms with E-state index >= 15 is 0 Å². The number of anilines is 3. The number of alkyl halides is 3. The number of sulfonamides is 1. The maximum atomic E-state index is 13.1. The van der Waals surface area contributed by atoms with E-state index in [1.165, 1.54) is 30.0 Å². The maximum Gasteiger partial charge on any atom is 0.417 e. The molecule has 5 rings (SSSR count). The molecule has 224 valence electrons. The molecule has 0 unspecified atom stereocenters. The Morgan fingerprint density at radius 1 is 0.814 bits per heavy atom. The van der Waals surface area contributed by atoms with Gasteiger partial charge >= 0.3 is 6.18 Å². The Morgan fingerprint density at radius 2 is 1.44 bits per heavy atom. The number of benzene rings is 4. The van der Waals surface area contributed by atoms with E-state index in [-0.39, 0.29) is 16.5 Å². The lowest BCUT2D eigenvalue weighted by atomic mass is 10.1.